The van der Waals surface area contributed by atoms with Gasteiger partial charge in [-0.05, 0) is 31.2 Å². The lowest BCUT2D eigenvalue weighted by atomic mass is 10.1. The highest BCUT2D eigenvalue weighted by Gasteiger charge is 2.46. The summed E-state index contributed by atoms with van der Waals surface area (Å²) in [4.78, 5) is 40.5. The van der Waals surface area contributed by atoms with Gasteiger partial charge in [0.2, 0.25) is 5.91 Å². The summed E-state index contributed by atoms with van der Waals surface area (Å²) in [6.45, 7) is 4.91. The summed E-state index contributed by atoms with van der Waals surface area (Å²) in [5.41, 5.74) is 2.73. The monoisotopic (exact) mass is 395 g/mol. The Kier molecular flexibility index (Phi) is 5.02. The van der Waals surface area contributed by atoms with E-state index in [1.54, 1.807) is 12.1 Å². The molecule has 1 N–H and O–H groups in total. The maximum absolute atomic E-state index is 13.0. The van der Waals surface area contributed by atoms with Gasteiger partial charge in [0.05, 0.1) is 43.2 Å². The smallest absolute Gasteiger partial charge is 0.292 e. The minimum atomic E-state index is -0.408. The van der Waals surface area contributed by atoms with E-state index >= 15 is 0 Å². The van der Waals surface area contributed by atoms with Crippen LogP contribution in [-0.4, -0.2) is 49.0 Å². The lowest BCUT2D eigenvalue weighted by Gasteiger charge is -2.35. The Morgan fingerprint density at radius 2 is 1.55 bits per heavy atom. The molecule has 2 heterocycles. The van der Waals surface area contributed by atoms with Crippen molar-refractivity contribution in [1.82, 2.24) is 0 Å². The van der Waals surface area contributed by atoms with Gasteiger partial charge in [-0.1, -0.05) is 17.7 Å². The fourth-order valence-electron chi connectivity index (χ4n) is 4.10. The number of rotatable bonds is 4. The SMILES string of the molecule is Cc1ccc(N2C(=O)C[C@H]([NH+]3CCN(c4ccc([N+](=O)[O-])cc4)CC3)C2=O)cc1. The number of hydrogen-bond donors (Lipinski definition) is 1. The minimum Gasteiger partial charge on any atom is -0.360 e. The summed E-state index contributed by atoms with van der Waals surface area (Å²) in [7, 11) is 0. The molecular weight excluding hydrogens is 372 g/mol. The summed E-state index contributed by atoms with van der Waals surface area (Å²) in [5.74, 6) is -0.271. The molecule has 0 aromatic heterocycles. The minimum absolute atomic E-state index is 0.0734. The van der Waals surface area contributed by atoms with E-state index in [4.69, 9.17) is 0 Å². The highest BCUT2D eigenvalue weighted by molar-refractivity contribution is 6.21. The average molecular weight is 395 g/mol. The van der Waals surface area contributed by atoms with Crippen molar-refractivity contribution in [3.8, 4) is 0 Å². The van der Waals surface area contributed by atoms with Crippen molar-refractivity contribution in [3.05, 3.63) is 64.2 Å². The van der Waals surface area contributed by atoms with Gasteiger partial charge in [-0.25, -0.2) is 4.90 Å². The fourth-order valence-corrected chi connectivity index (χ4v) is 4.10. The number of nitrogens with zero attached hydrogens (tertiary/aromatic N) is 3. The number of carbonyl (C=O) groups is 2. The Morgan fingerprint density at radius 1 is 0.966 bits per heavy atom. The van der Waals surface area contributed by atoms with E-state index in [1.807, 2.05) is 31.2 Å². The first-order chi connectivity index (χ1) is 13.9. The molecule has 2 aliphatic rings. The number of benzene rings is 2. The molecule has 0 radical (unpaired) electrons. The van der Waals surface area contributed by atoms with Gasteiger partial charge < -0.3 is 9.80 Å². The Hall–Kier alpha value is -3.26. The van der Waals surface area contributed by atoms with Gasteiger partial charge in [0.15, 0.2) is 6.04 Å². The molecule has 150 valence electrons. The second-order valence-electron chi connectivity index (χ2n) is 7.58. The molecule has 2 aromatic rings. The van der Waals surface area contributed by atoms with E-state index in [1.165, 1.54) is 17.0 Å². The number of aryl methyl sites for hydroxylation is 1. The van der Waals surface area contributed by atoms with Gasteiger partial charge in [0.1, 0.15) is 0 Å². The zero-order valence-corrected chi connectivity index (χ0v) is 16.2. The van der Waals surface area contributed by atoms with E-state index in [2.05, 4.69) is 4.90 Å². The fraction of sp³-hybridized carbons (Fsp3) is 0.333. The lowest BCUT2D eigenvalue weighted by Crippen LogP contribution is -3.19. The third-order valence-electron chi connectivity index (χ3n) is 5.76. The van der Waals surface area contributed by atoms with Gasteiger partial charge >= 0.3 is 0 Å². The summed E-state index contributed by atoms with van der Waals surface area (Å²) in [6, 6.07) is 13.6. The average Bonchev–Trinajstić information content (AvgIpc) is 3.03. The Morgan fingerprint density at radius 3 is 2.14 bits per heavy atom. The zero-order chi connectivity index (χ0) is 20.5. The predicted molar refractivity (Wildman–Crippen MR) is 108 cm³/mol. The number of imide groups is 1. The van der Waals surface area contributed by atoms with Gasteiger partial charge in [-0.3, -0.25) is 19.7 Å². The summed E-state index contributed by atoms with van der Waals surface area (Å²) in [6.07, 6.45) is 0.236. The number of hydrogen-bond acceptors (Lipinski definition) is 5. The van der Waals surface area contributed by atoms with E-state index in [0.29, 0.717) is 5.69 Å². The Balaban J connectivity index is 1.41. The first-order valence-corrected chi connectivity index (χ1v) is 9.71. The molecular formula is C21H23N4O4+. The molecule has 8 heteroatoms. The number of amides is 2. The third-order valence-corrected chi connectivity index (χ3v) is 5.76. The van der Waals surface area contributed by atoms with Gasteiger partial charge in [0, 0.05) is 17.8 Å². The lowest BCUT2D eigenvalue weighted by molar-refractivity contribution is -0.915. The van der Waals surface area contributed by atoms with Crippen molar-refractivity contribution in [2.75, 3.05) is 36.0 Å². The zero-order valence-electron chi connectivity index (χ0n) is 16.2. The van der Waals surface area contributed by atoms with E-state index in [0.717, 1.165) is 42.3 Å². The van der Waals surface area contributed by atoms with Crippen LogP contribution >= 0.6 is 0 Å². The van der Waals surface area contributed by atoms with Crippen LogP contribution in [0.3, 0.4) is 0 Å². The van der Waals surface area contributed by atoms with E-state index in [-0.39, 0.29) is 30.0 Å². The van der Waals surface area contributed by atoms with Gasteiger partial charge in [-0.15, -0.1) is 0 Å². The van der Waals surface area contributed by atoms with Crippen LogP contribution in [0.5, 0.6) is 0 Å². The van der Waals surface area contributed by atoms with Crippen LogP contribution < -0.4 is 14.7 Å². The third kappa shape index (κ3) is 3.71. The van der Waals surface area contributed by atoms with Crippen LogP contribution in [0.2, 0.25) is 0 Å². The molecule has 2 saturated heterocycles. The molecule has 0 spiro atoms. The first-order valence-electron chi connectivity index (χ1n) is 9.71. The van der Waals surface area contributed by atoms with Crippen LogP contribution in [0.15, 0.2) is 48.5 Å². The van der Waals surface area contributed by atoms with E-state index < -0.39 is 4.92 Å². The van der Waals surface area contributed by atoms with Crippen molar-refractivity contribution in [1.29, 1.82) is 0 Å². The van der Waals surface area contributed by atoms with E-state index in [9.17, 15) is 19.7 Å². The molecule has 2 amide bonds. The predicted octanol–water partition coefficient (Wildman–Crippen LogP) is 0.940. The molecule has 1 atom stereocenters. The first kappa shape index (κ1) is 19.1. The second kappa shape index (κ2) is 7.63. The maximum atomic E-state index is 13.0. The summed E-state index contributed by atoms with van der Waals surface area (Å²) >= 11 is 0. The molecule has 29 heavy (non-hydrogen) atoms. The highest BCUT2D eigenvalue weighted by Crippen LogP contribution is 2.23. The van der Waals surface area contributed by atoms with Crippen molar-refractivity contribution in [2.24, 2.45) is 0 Å². The standard InChI is InChI=1S/C21H22N4O4/c1-15-2-4-17(5-3-15)24-20(26)14-19(21(24)27)23-12-10-22(11-13-23)16-6-8-18(9-7-16)25(28)29/h2-9,19H,10-14H2,1H3/p+1/t19-/m0/s1. The molecule has 0 aliphatic carbocycles. The van der Waals surface area contributed by atoms with Crippen molar-refractivity contribution in [3.63, 3.8) is 0 Å². The molecule has 2 aromatic carbocycles. The maximum Gasteiger partial charge on any atom is 0.292 e. The quantitative estimate of drug-likeness (QED) is 0.473. The molecule has 2 fully saturated rings. The number of carbonyl (C=O) groups excluding carboxylic acids is 2. The number of quaternary nitrogens is 1. The number of nitro benzene ring substituents is 1. The van der Waals surface area contributed by atoms with Crippen LogP contribution in [0.4, 0.5) is 17.1 Å². The Labute approximate surface area is 168 Å². The van der Waals surface area contributed by atoms with Crippen LogP contribution in [0.1, 0.15) is 12.0 Å². The van der Waals surface area contributed by atoms with Gasteiger partial charge in [-0.2, -0.15) is 0 Å². The Bertz CT molecular complexity index is 934. The number of piperazine rings is 1. The molecule has 0 bridgehead atoms. The largest absolute Gasteiger partial charge is 0.360 e. The number of nitrogens with one attached hydrogen (secondary N) is 1. The van der Waals surface area contributed by atoms with Crippen molar-refractivity contribution >= 4 is 28.9 Å². The highest BCUT2D eigenvalue weighted by atomic mass is 16.6. The summed E-state index contributed by atoms with van der Waals surface area (Å²) < 4.78 is 0. The van der Waals surface area contributed by atoms with Crippen LogP contribution in [-0.2, 0) is 9.59 Å². The molecule has 4 rings (SSSR count). The normalized spacial score (nSPS) is 20.4. The van der Waals surface area contributed by atoms with Crippen LogP contribution in [0.25, 0.3) is 0 Å². The number of nitro groups is 1. The summed E-state index contributed by atoms with van der Waals surface area (Å²) in [5, 5.41) is 10.8. The topological polar surface area (TPSA) is 88.2 Å². The van der Waals surface area contributed by atoms with Crippen molar-refractivity contribution in [2.45, 2.75) is 19.4 Å². The second-order valence-corrected chi connectivity index (χ2v) is 7.58. The molecule has 2 aliphatic heterocycles. The molecule has 8 nitrogen and oxygen atoms in total. The molecule has 0 unspecified atom stereocenters. The molecule has 0 saturated carbocycles. The number of non-ortho nitro benzene ring substituents is 1. The number of anilines is 2. The van der Waals surface area contributed by atoms with Gasteiger partial charge in [0.25, 0.3) is 11.6 Å². The van der Waals surface area contributed by atoms with Crippen LogP contribution in [0, 0.1) is 17.0 Å². The van der Waals surface area contributed by atoms with Crippen molar-refractivity contribution < 1.29 is 19.4 Å².